The van der Waals surface area contributed by atoms with Crippen molar-refractivity contribution in [2.75, 3.05) is 6.61 Å². The molecule has 1 aromatic carbocycles. The summed E-state index contributed by atoms with van der Waals surface area (Å²) in [4.78, 5) is 9.91. The van der Waals surface area contributed by atoms with E-state index in [1.165, 1.54) is 5.56 Å². The normalized spacial score (nSPS) is 11.4. The molecule has 0 bridgehead atoms. The highest BCUT2D eigenvalue weighted by Crippen LogP contribution is 2.37. The maximum Gasteiger partial charge on any atom is 0.112 e. The minimum absolute atomic E-state index is 0.0664. The van der Waals surface area contributed by atoms with E-state index in [1.807, 2.05) is 24.3 Å². The first-order chi connectivity index (χ1) is 13.5. The van der Waals surface area contributed by atoms with Gasteiger partial charge >= 0.3 is 0 Å². The Balaban J connectivity index is 1.99. The second kappa shape index (κ2) is 9.79. The Bertz CT molecular complexity index is 909. The van der Waals surface area contributed by atoms with E-state index in [0.29, 0.717) is 16.5 Å². The van der Waals surface area contributed by atoms with Crippen molar-refractivity contribution >= 4 is 35.0 Å². The Morgan fingerprint density at radius 1 is 1.07 bits per heavy atom. The van der Waals surface area contributed by atoms with Crippen molar-refractivity contribution in [1.82, 2.24) is 14.5 Å². The third-order valence-electron chi connectivity index (χ3n) is 4.33. The molecule has 3 rings (SSSR count). The van der Waals surface area contributed by atoms with Crippen LogP contribution in [0.1, 0.15) is 36.8 Å². The average molecular weight is 436 g/mol. The Morgan fingerprint density at radius 3 is 2.36 bits per heavy atom. The number of nitrogens with zero attached hydrogens (tertiary/aromatic N) is 3. The van der Waals surface area contributed by atoms with Crippen LogP contribution in [0.5, 0.6) is 0 Å². The molecule has 148 valence electrons. The molecule has 0 saturated heterocycles. The molecular formula is C21H23Cl2N3OS. The van der Waals surface area contributed by atoms with Crippen LogP contribution in [0.25, 0.3) is 0 Å². The molecule has 0 aliphatic heterocycles. The van der Waals surface area contributed by atoms with Crippen molar-refractivity contribution < 1.29 is 5.11 Å². The van der Waals surface area contributed by atoms with Crippen LogP contribution in [0.15, 0.2) is 52.6 Å². The van der Waals surface area contributed by atoms with E-state index in [-0.39, 0.29) is 12.5 Å². The number of aryl methyl sites for hydroxylation is 1. The van der Waals surface area contributed by atoms with Gasteiger partial charge in [0.15, 0.2) is 0 Å². The Labute approximate surface area is 179 Å². The van der Waals surface area contributed by atoms with Gasteiger partial charge in [0.2, 0.25) is 0 Å². The molecule has 0 atom stereocenters. The smallest absolute Gasteiger partial charge is 0.112 e. The van der Waals surface area contributed by atoms with E-state index in [4.69, 9.17) is 28.2 Å². The summed E-state index contributed by atoms with van der Waals surface area (Å²) < 4.78 is 2.21. The van der Waals surface area contributed by atoms with E-state index >= 15 is 0 Å². The van der Waals surface area contributed by atoms with Crippen molar-refractivity contribution in [1.29, 1.82) is 0 Å². The van der Waals surface area contributed by atoms with Gasteiger partial charge in [-0.1, -0.05) is 48.8 Å². The van der Waals surface area contributed by atoms with Crippen molar-refractivity contribution in [2.24, 2.45) is 0 Å². The fourth-order valence-electron chi connectivity index (χ4n) is 3.00. The van der Waals surface area contributed by atoms with E-state index in [1.54, 1.807) is 30.2 Å². The molecule has 0 saturated carbocycles. The number of aliphatic hydroxyl groups is 1. The maximum absolute atomic E-state index is 9.53. The predicted molar refractivity (Wildman–Crippen MR) is 116 cm³/mol. The summed E-state index contributed by atoms with van der Waals surface area (Å²) in [5.74, 6) is 1.16. The number of hydrogen-bond acceptors (Lipinski definition) is 4. The SMILES string of the molecule is CC(C)c1nc(CCO)n(CCc2ccncc2)c1Sc1cc(Cl)cc(Cl)c1. The fourth-order valence-corrected chi connectivity index (χ4v) is 4.94. The number of imidazole rings is 1. The van der Waals surface area contributed by atoms with Crippen molar-refractivity contribution in [2.45, 2.75) is 49.1 Å². The van der Waals surface area contributed by atoms with Crippen molar-refractivity contribution in [3.63, 3.8) is 0 Å². The van der Waals surface area contributed by atoms with Crippen molar-refractivity contribution in [3.05, 3.63) is 69.9 Å². The molecule has 4 nitrogen and oxygen atoms in total. The third kappa shape index (κ3) is 5.29. The molecule has 0 amide bonds. The van der Waals surface area contributed by atoms with Crippen LogP contribution >= 0.6 is 35.0 Å². The van der Waals surface area contributed by atoms with Crippen LogP contribution in [-0.4, -0.2) is 26.2 Å². The molecule has 0 aliphatic carbocycles. The number of aliphatic hydroxyl groups excluding tert-OH is 1. The van der Waals surface area contributed by atoms with Crippen molar-refractivity contribution in [3.8, 4) is 0 Å². The summed E-state index contributed by atoms with van der Waals surface area (Å²) in [5, 5.41) is 11.8. The lowest BCUT2D eigenvalue weighted by Crippen LogP contribution is -2.09. The summed E-state index contributed by atoms with van der Waals surface area (Å²) >= 11 is 14.0. The molecule has 0 unspecified atom stereocenters. The molecule has 28 heavy (non-hydrogen) atoms. The molecule has 0 spiro atoms. The van der Waals surface area contributed by atoms with Crippen LogP contribution in [0.2, 0.25) is 10.0 Å². The van der Waals surface area contributed by atoms with Gasteiger partial charge in [-0.2, -0.15) is 0 Å². The topological polar surface area (TPSA) is 50.9 Å². The van der Waals surface area contributed by atoms with Crippen LogP contribution in [0.3, 0.4) is 0 Å². The predicted octanol–water partition coefficient (Wildman–Crippen LogP) is 5.64. The molecule has 1 N–H and O–H groups in total. The molecular weight excluding hydrogens is 413 g/mol. The first kappa shape index (κ1) is 21.2. The molecule has 2 aromatic heterocycles. The van der Waals surface area contributed by atoms with Gasteiger partial charge in [-0.3, -0.25) is 4.98 Å². The lowest BCUT2D eigenvalue weighted by molar-refractivity contribution is 0.294. The van der Waals surface area contributed by atoms with Crippen LogP contribution in [-0.2, 0) is 19.4 Å². The summed E-state index contributed by atoms with van der Waals surface area (Å²) in [6.45, 7) is 5.10. The molecule has 0 radical (unpaired) electrons. The highest BCUT2D eigenvalue weighted by Gasteiger charge is 2.20. The summed E-state index contributed by atoms with van der Waals surface area (Å²) in [6.07, 6.45) is 4.99. The number of halogens is 2. The van der Waals surface area contributed by atoms with Gasteiger partial charge in [-0.15, -0.1) is 0 Å². The standard InChI is InChI=1S/C21H23Cl2N3OS/c1-14(2)20-21(28-18-12-16(22)11-17(23)13-18)26(19(25-20)6-10-27)9-5-15-3-7-24-8-4-15/h3-4,7-8,11-14,27H,5-6,9-10H2,1-2H3. The lowest BCUT2D eigenvalue weighted by Gasteiger charge is -2.14. The number of aromatic nitrogens is 3. The van der Waals surface area contributed by atoms with Gasteiger partial charge in [0.1, 0.15) is 10.9 Å². The average Bonchev–Trinajstić information content (AvgIpc) is 2.98. The van der Waals surface area contributed by atoms with Gasteiger partial charge in [0.25, 0.3) is 0 Å². The zero-order valence-corrected chi connectivity index (χ0v) is 18.2. The second-order valence-electron chi connectivity index (χ2n) is 6.81. The summed E-state index contributed by atoms with van der Waals surface area (Å²) in [6, 6.07) is 9.60. The molecule has 0 fully saturated rings. The van der Waals surface area contributed by atoms with E-state index < -0.39 is 0 Å². The third-order valence-corrected chi connectivity index (χ3v) is 5.86. The van der Waals surface area contributed by atoms with E-state index in [0.717, 1.165) is 34.4 Å². The quantitative estimate of drug-likeness (QED) is 0.497. The summed E-state index contributed by atoms with van der Waals surface area (Å²) in [5.41, 5.74) is 2.24. The Hall–Kier alpha value is -1.53. The zero-order chi connectivity index (χ0) is 20.1. The van der Waals surface area contributed by atoms with Crippen LogP contribution < -0.4 is 0 Å². The number of hydrogen-bond donors (Lipinski definition) is 1. The Morgan fingerprint density at radius 2 is 1.75 bits per heavy atom. The van der Waals surface area contributed by atoms with Gasteiger partial charge in [0.05, 0.1) is 12.3 Å². The first-order valence-corrected chi connectivity index (χ1v) is 10.8. The first-order valence-electron chi connectivity index (χ1n) is 9.21. The number of benzene rings is 1. The van der Waals surface area contributed by atoms with Crippen LogP contribution in [0.4, 0.5) is 0 Å². The second-order valence-corrected chi connectivity index (χ2v) is 8.75. The van der Waals surface area contributed by atoms with Gasteiger partial charge in [-0.25, -0.2) is 4.98 Å². The fraction of sp³-hybridized carbons (Fsp3) is 0.333. The minimum atomic E-state index is 0.0664. The van der Waals surface area contributed by atoms with Crippen LogP contribution in [0, 0.1) is 0 Å². The number of pyridine rings is 1. The maximum atomic E-state index is 9.53. The molecule has 0 aliphatic rings. The largest absolute Gasteiger partial charge is 0.396 e. The number of rotatable bonds is 8. The molecule has 3 aromatic rings. The highest BCUT2D eigenvalue weighted by atomic mass is 35.5. The molecule has 2 heterocycles. The monoisotopic (exact) mass is 435 g/mol. The van der Waals surface area contributed by atoms with E-state index in [2.05, 4.69) is 23.4 Å². The van der Waals surface area contributed by atoms with Gasteiger partial charge < -0.3 is 9.67 Å². The molecule has 7 heteroatoms. The zero-order valence-electron chi connectivity index (χ0n) is 15.9. The summed E-state index contributed by atoms with van der Waals surface area (Å²) in [7, 11) is 0. The Kier molecular flexibility index (Phi) is 7.41. The van der Waals surface area contributed by atoms with E-state index in [9.17, 15) is 5.11 Å². The van der Waals surface area contributed by atoms with Gasteiger partial charge in [-0.05, 0) is 48.2 Å². The van der Waals surface area contributed by atoms with Gasteiger partial charge in [0, 0.05) is 40.3 Å². The minimum Gasteiger partial charge on any atom is -0.396 e. The lowest BCUT2D eigenvalue weighted by atomic mass is 10.1. The highest BCUT2D eigenvalue weighted by molar-refractivity contribution is 7.99.